The molecule has 16 heavy (non-hydrogen) atoms. The molecule has 0 saturated carbocycles. The van der Waals surface area contributed by atoms with Crippen molar-refractivity contribution in [3.8, 4) is 0 Å². The van der Waals surface area contributed by atoms with Crippen LogP contribution >= 0.6 is 0 Å². The van der Waals surface area contributed by atoms with Crippen molar-refractivity contribution in [1.29, 1.82) is 0 Å². The summed E-state index contributed by atoms with van der Waals surface area (Å²) in [6, 6.07) is 11.6. The smallest absolute Gasteiger partial charge is 0.0713 e. The zero-order chi connectivity index (χ0) is 12.0. The first kappa shape index (κ1) is 13.5. The summed E-state index contributed by atoms with van der Waals surface area (Å²) in [4.78, 5) is 0. The van der Waals surface area contributed by atoms with Crippen molar-refractivity contribution in [2.45, 2.75) is 45.1 Å². The van der Waals surface area contributed by atoms with Gasteiger partial charge in [-0.15, -0.1) is 0 Å². The molecule has 0 fully saturated rings. The molecule has 90 valence electrons. The summed E-state index contributed by atoms with van der Waals surface area (Å²) in [6.07, 6.45) is 1.24. The van der Waals surface area contributed by atoms with E-state index in [1.54, 1.807) is 7.11 Å². The van der Waals surface area contributed by atoms with E-state index >= 15 is 0 Å². The highest BCUT2D eigenvalue weighted by molar-refractivity contribution is 6.77. The maximum atomic E-state index is 5.11. The van der Waals surface area contributed by atoms with Gasteiger partial charge in [-0.25, -0.2) is 0 Å². The highest BCUT2D eigenvalue weighted by Gasteiger charge is 2.16. The Hall–Kier alpha value is -0.603. The van der Waals surface area contributed by atoms with Gasteiger partial charge in [0.15, 0.2) is 0 Å². The summed E-state index contributed by atoms with van der Waals surface area (Å²) in [5.41, 5.74) is 2.73. The number of ether oxygens (including phenoxy) is 1. The number of aryl methyl sites for hydroxylation is 1. The lowest BCUT2D eigenvalue weighted by Crippen LogP contribution is -2.24. The van der Waals surface area contributed by atoms with Crippen molar-refractivity contribution in [1.82, 2.24) is 0 Å². The third kappa shape index (κ3) is 4.50. The quantitative estimate of drug-likeness (QED) is 0.676. The molecule has 1 aromatic carbocycles. The third-order valence-electron chi connectivity index (χ3n) is 3.38. The van der Waals surface area contributed by atoms with Crippen molar-refractivity contribution in [2.24, 2.45) is 0 Å². The van der Waals surface area contributed by atoms with Crippen LogP contribution in [0.3, 0.4) is 0 Å². The highest BCUT2D eigenvalue weighted by Crippen LogP contribution is 2.18. The first-order valence-corrected chi connectivity index (χ1v) is 9.55. The summed E-state index contributed by atoms with van der Waals surface area (Å²) >= 11 is 0. The summed E-state index contributed by atoms with van der Waals surface area (Å²) in [5.74, 6) is 0. The first-order chi connectivity index (χ1) is 7.57. The van der Waals surface area contributed by atoms with Gasteiger partial charge in [0.2, 0.25) is 0 Å². The molecule has 0 atom stereocenters. The summed E-state index contributed by atoms with van der Waals surface area (Å²) in [6.45, 7) is 8.00. The van der Waals surface area contributed by atoms with E-state index in [4.69, 9.17) is 4.74 Å². The Morgan fingerprint density at radius 3 is 2.12 bits per heavy atom. The van der Waals surface area contributed by atoms with Gasteiger partial charge in [-0.2, -0.15) is 0 Å². The van der Waals surface area contributed by atoms with Gasteiger partial charge in [0.05, 0.1) is 6.61 Å². The van der Waals surface area contributed by atoms with Crippen LogP contribution in [0.1, 0.15) is 18.1 Å². The fourth-order valence-corrected chi connectivity index (χ4v) is 2.95. The SMILES string of the molecule is CC[Si](C)(C)CCc1ccc(COC)cc1. The lowest BCUT2D eigenvalue weighted by atomic mass is 10.1. The Morgan fingerprint density at radius 1 is 1.06 bits per heavy atom. The van der Waals surface area contributed by atoms with E-state index in [0.29, 0.717) is 0 Å². The second-order valence-electron chi connectivity index (χ2n) is 5.27. The molecule has 0 aliphatic heterocycles. The Labute approximate surface area is 101 Å². The van der Waals surface area contributed by atoms with Crippen LogP contribution in [0.4, 0.5) is 0 Å². The van der Waals surface area contributed by atoms with Crippen molar-refractivity contribution in [3.63, 3.8) is 0 Å². The van der Waals surface area contributed by atoms with Crippen LogP contribution in [0.25, 0.3) is 0 Å². The Balaban J connectivity index is 2.49. The largest absolute Gasteiger partial charge is 0.380 e. The van der Waals surface area contributed by atoms with Crippen molar-refractivity contribution >= 4 is 8.07 Å². The fraction of sp³-hybridized carbons (Fsp3) is 0.571. The van der Waals surface area contributed by atoms with E-state index < -0.39 is 8.07 Å². The molecular formula is C14H24OSi. The predicted molar refractivity (Wildman–Crippen MR) is 73.6 cm³/mol. The Bertz CT molecular complexity index is 303. The Morgan fingerprint density at radius 2 is 1.62 bits per heavy atom. The minimum absolute atomic E-state index is 0.718. The van der Waals surface area contributed by atoms with Crippen LogP contribution in [0.2, 0.25) is 25.2 Å². The van der Waals surface area contributed by atoms with E-state index in [1.165, 1.54) is 29.6 Å². The molecule has 0 aromatic heterocycles. The molecular weight excluding hydrogens is 212 g/mol. The van der Waals surface area contributed by atoms with Gasteiger partial charge in [-0.1, -0.05) is 56.4 Å². The predicted octanol–water partition coefficient (Wildman–Crippen LogP) is 4.10. The molecule has 1 nitrogen and oxygen atoms in total. The molecule has 0 aliphatic rings. The van der Waals surface area contributed by atoms with Gasteiger partial charge in [0.1, 0.15) is 0 Å². The van der Waals surface area contributed by atoms with E-state index in [9.17, 15) is 0 Å². The second kappa shape index (κ2) is 6.21. The number of rotatable bonds is 6. The minimum atomic E-state index is -0.914. The van der Waals surface area contributed by atoms with Crippen molar-refractivity contribution in [2.75, 3.05) is 7.11 Å². The number of hydrogen-bond donors (Lipinski definition) is 0. The summed E-state index contributed by atoms with van der Waals surface area (Å²) in [7, 11) is 0.826. The zero-order valence-corrected chi connectivity index (χ0v) is 12.0. The molecule has 0 bridgehead atoms. The molecule has 0 radical (unpaired) electrons. The molecule has 0 amide bonds. The molecule has 1 rings (SSSR count). The highest BCUT2D eigenvalue weighted by atomic mass is 28.3. The lowest BCUT2D eigenvalue weighted by molar-refractivity contribution is 0.185. The maximum Gasteiger partial charge on any atom is 0.0713 e. The van der Waals surface area contributed by atoms with Gasteiger partial charge in [-0.3, -0.25) is 0 Å². The minimum Gasteiger partial charge on any atom is -0.380 e. The second-order valence-corrected chi connectivity index (χ2v) is 10.8. The first-order valence-electron chi connectivity index (χ1n) is 6.14. The molecule has 1 aromatic rings. The van der Waals surface area contributed by atoms with Crippen LogP contribution in [-0.2, 0) is 17.8 Å². The van der Waals surface area contributed by atoms with E-state index in [2.05, 4.69) is 44.3 Å². The Kier molecular flexibility index (Phi) is 5.23. The van der Waals surface area contributed by atoms with Crippen LogP contribution in [0.5, 0.6) is 0 Å². The number of benzene rings is 1. The van der Waals surface area contributed by atoms with Gasteiger partial charge in [0.25, 0.3) is 0 Å². The monoisotopic (exact) mass is 236 g/mol. The standard InChI is InChI=1S/C14H24OSi/c1-5-16(3,4)11-10-13-6-8-14(9-7-13)12-15-2/h6-9H,5,10-12H2,1-4H3. The molecule has 2 heteroatoms. The lowest BCUT2D eigenvalue weighted by Gasteiger charge is -2.19. The van der Waals surface area contributed by atoms with E-state index in [1.807, 2.05) is 0 Å². The summed E-state index contributed by atoms with van der Waals surface area (Å²) < 4.78 is 5.11. The van der Waals surface area contributed by atoms with Crippen LogP contribution in [-0.4, -0.2) is 15.2 Å². The van der Waals surface area contributed by atoms with Crippen LogP contribution in [0, 0.1) is 0 Å². The van der Waals surface area contributed by atoms with Gasteiger partial charge >= 0.3 is 0 Å². The maximum absolute atomic E-state index is 5.11. The van der Waals surface area contributed by atoms with Crippen molar-refractivity contribution in [3.05, 3.63) is 35.4 Å². The molecule has 0 unspecified atom stereocenters. The van der Waals surface area contributed by atoms with Gasteiger partial charge in [-0.05, 0) is 17.5 Å². The van der Waals surface area contributed by atoms with E-state index in [0.717, 1.165) is 6.61 Å². The topological polar surface area (TPSA) is 9.23 Å². The van der Waals surface area contributed by atoms with Gasteiger partial charge < -0.3 is 4.74 Å². The molecule has 0 heterocycles. The van der Waals surface area contributed by atoms with Crippen LogP contribution in [0.15, 0.2) is 24.3 Å². The normalized spacial score (nSPS) is 11.8. The van der Waals surface area contributed by atoms with Crippen LogP contribution < -0.4 is 0 Å². The number of hydrogen-bond acceptors (Lipinski definition) is 1. The summed E-state index contributed by atoms with van der Waals surface area (Å²) in [5, 5.41) is 0. The zero-order valence-electron chi connectivity index (χ0n) is 11.0. The average molecular weight is 236 g/mol. The number of methoxy groups -OCH3 is 1. The molecule has 0 spiro atoms. The molecule has 0 saturated heterocycles. The molecule has 0 N–H and O–H groups in total. The average Bonchev–Trinajstić information content (AvgIpc) is 2.29. The van der Waals surface area contributed by atoms with E-state index in [-0.39, 0.29) is 0 Å². The third-order valence-corrected chi connectivity index (χ3v) is 6.90. The van der Waals surface area contributed by atoms with Gasteiger partial charge in [0, 0.05) is 15.2 Å². The fourth-order valence-electron chi connectivity index (χ4n) is 1.63. The molecule has 0 aliphatic carbocycles. The van der Waals surface area contributed by atoms with Crippen molar-refractivity contribution < 1.29 is 4.74 Å².